The van der Waals surface area contributed by atoms with Crippen LogP contribution in [0, 0.1) is 0 Å². The Hall–Kier alpha value is 0.150. The quantitative estimate of drug-likeness (QED) is 0.629. The van der Waals surface area contributed by atoms with Crippen LogP contribution in [0.15, 0.2) is 0 Å². The Labute approximate surface area is 80.3 Å². The molecule has 0 unspecified atom stereocenters. The third kappa shape index (κ3) is 10.2. The van der Waals surface area contributed by atoms with Gasteiger partial charge in [-0.2, -0.15) is 0 Å². The van der Waals surface area contributed by atoms with Crippen LogP contribution in [0.25, 0.3) is 0 Å². The molecule has 0 spiro atoms. The van der Waals surface area contributed by atoms with E-state index in [4.69, 9.17) is 0 Å². The third-order valence-electron chi connectivity index (χ3n) is 1.70. The maximum absolute atomic E-state index is 10.8. The van der Waals surface area contributed by atoms with E-state index in [0.29, 0.717) is 12.2 Å². The number of halogens is 1. The van der Waals surface area contributed by atoms with Gasteiger partial charge in [0.2, 0.25) is 0 Å². The summed E-state index contributed by atoms with van der Waals surface area (Å²) in [7, 11) is 0. The van der Waals surface area contributed by atoms with Crippen molar-refractivity contribution in [2.75, 3.05) is 0 Å². The summed E-state index contributed by atoms with van der Waals surface area (Å²) >= 11 is 0. The summed E-state index contributed by atoms with van der Waals surface area (Å²) in [5, 5.41) is 0. The van der Waals surface area contributed by atoms with E-state index in [1.807, 2.05) is 6.92 Å². The maximum atomic E-state index is 10.8. The van der Waals surface area contributed by atoms with Crippen molar-refractivity contribution in [3.05, 3.63) is 0 Å². The molecule has 0 aliphatic rings. The number of Topliss-reactive ketones (excluding diaryl/α,β-unsaturated/α-hetero) is 1. The molecule has 0 radical (unpaired) electrons. The molecule has 0 saturated carbocycles. The molecule has 0 atom stereocenters. The van der Waals surface area contributed by atoms with Crippen molar-refractivity contribution in [1.29, 1.82) is 0 Å². The predicted molar refractivity (Wildman–Crippen MR) is 54.4 cm³/mol. The lowest BCUT2D eigenvalue weighted by Crippen LogP contribution is -1.93. The Kier molecular flexibility index (Phi) is 12.7. The van der Waals surface area contributed by atoms with E-state index in [2.05, 4.69) is 6.92 Å². The second-order valence-corrected chi connectivity index (χ2v) is 2.70. The molecule has 0 saturated heterocycles. The molecule has 0 rings (SSSR count). The number of carbonyl (C=O) groups excluding carboxylic acids is 1. The minimum Gasteiger partial charge on any atom is -0.300 e. The van der Waals surface area contributed by atoms with Gasteiger partial charge in [0.05, 0.1) is 0 Å². The van der Waals surface area contributed by atoms with Gasteiger partial charge in [0.1, 0.15) is 5.78 Å². The molecule has 0 N–H and O–H groups in total. The molecule has 11 heavy (non-hydrogen) atoms. The summed E-state index contributed by atoms with van der Waals surface area (Å²) < 4.78 is 0. The lowest BCUT2D eigenvalue weighted by Gasteiger charge is -1.96. The highest BCUT2D eigenvalue weighted by Gasteiger charge is 1.95. The number of ketones is 1. The van der Waals surface area contributed by atoms with Crippen LogP contribution in [-0.4, -0.2) is 5.78 Å². The van der Waals surface area contributed by atoms with E-state index in [1.165, 1.54) is 19.3 Å². The number of rotatable bonds is 6. The van der Waals surface area contributed by atoms with Gasteiger partial charge in [0.15, 0.2) is 0 Å². The average Bonchev–Trinajstić information content (AvgIpc) is 1.98. The molecule has 2 heteroatoms. The predicted octanol–water partition coefficient (Wildman–Crippen LogP) is 3.51. The van der Waals surface area contributed by atoms with Gasteiger partial charge in [0.25, 0.3) is 0 Å². The Bertz CT molecular complexity index is 91.6. The first-order chi connectivity index (χ1) is 4.81. The van der Waals surface area contributed by atoms with Crippen LogP contribution < -0.4 is 0 Å². The minimum absolute atomic E-state index is 0. The van der Waals surface area contributed by atoms with E-state index in [0.717, 1.165) is 12.8 Å². The fourth-order valence-electron chi connectivity index (χ4n) is 0.926. The van der Waals surface area contributed by atoms with E-state index in [9.17, 15) is 4.79 Å². The lowest BCUT2D eigenvalue weighted by molar-refractivity contribution is -0.118. The molecule has 0 aliphatic carbocycles. The number of carbonyl (C=O) groups is 1. The average molecular weight is 223 g/mol. The van der Waals surface area contributed by atoms with Crippen LogP contribution >= 0.6 is 17.0 Å². The summed E-state index contributed by atoms with van der Waals surface area (Å²) in [6.45, 7) is 4.11. The molecule has 0 heterocycles. The standard InChI is InChI=1S/C9H18O.BrH/c1-3-5-6-7-8-9(10)4-2;/h3-8H2,1-2H3;1H. The Morgan fingerprint density at radius 1 is 1.09 bits per heavy atom. The van der Waals surface area contributed by atoms with Gasteiger partial charge < -0.3 is 0 Å². The number of hydrogen-bond donors (Lipinski definition) is 0. The van der Waals surface area contributed by atoms with Gasteiger partial charge in [0, 0.05) is 12.8 Å². The van der Waals surface area contributed by atoms with Crippen molar-refractivity contribution in [2.24, 2.45) is 0 Å². The molecule has 0 fully saturated rings. The van der Waals surface area contributed by atoms with Crippen molar-refractivity contribution >= 4 is 22.8 Å². The van der Waals surface area contributed by atoms with Gasteiger partial charge in [-0.3, -0.25) is 4.79 Å². The topological polar surface area (TPSA) is 17.1 Å². The first-order valence-electron chi connectivity index (χ1n) is 4.33. The summed E-state index contributed by atoms with van der Waals surface area (Å²) in [6, 6.07) is 0. The molecule has 0 bridgehead atoms. The smallest absolute Gasteiger partial charge is 0.132 e. The summed E-state index contributed by atoms with van der Waals surface area (Å²) in [5.41, 5.74) is 0. The second kappa shape index (κ2) is 10.2. The van der Waals surface area contributed by atoms with Crippen LogP contribution in [0.5, 0.6) is 0 Å². The van der Waals surface area contributed by atoms with E-state index in [-0.39, 0.29) is 17.0 Å². The minimum atomic E-state index is 0. The molecule has 0 aromatic heterocycles. The van der Waals surface area contributed by atoms with Gasteiger partial charge in [-0.25, -0.2) is 0 Å². The summed E-state index contributed by atoms with van der Waals surface area (Å²) in [6.07, 6.45) is 6.36. The van der Waals surface area contributed by atoms with E-state index >= 15 is 0 Å². The van der Waals surface area contributed by atoms with Gasteiger partial charge in [-0.1, -0.05) is 33.1 Å². The summed E-state index contributed by atoms with van der Waals surface area (Å²) in [4.78, 5) is 10.8. The SMILES string of the molecule is Br.CCCCCCC(=O)CC. The fraction of sp³-hybridized carbons (Fsp3) is 0.889. The van der Waals surface area contributed by atoms with Crippen molar-refractivity contribution in [1.82, 2.24) is 0 Å². The Morgan fingerprint density at radius 3 is 2.18 bits per heavy atom. The van der Waals surface area contributed by atoms with E-state index in [1.54, 1.807) is 0 Å². The van der Waals surface area contributed by atoms with Crippen LogP contribution in [0.1, 0.15) is 52.4 Å². The fourth-order valence-corrected chi connectivity index (χ4v) is 0.926. The van der Waals surface area contributed by atoms with Crippen LogP contribution in [0.2, 0.25) is 0 Å². The van der Waals surface area contributed by atoms with Gasteiger partial charge >= 0.3 is 0 Å². The van der Waals surface area contributed by atoms with E-state index < -0.39 is 0 Å². The van der Waals surface area contributed by atoms with Gasteiger partial charge in [-0.15, -0.1) is 17.0 Å². The highest BCUT2D eigenvalue weighted by molar-refractivity contribution is 8.93. The monoisotopic (exact) mass is 222 g/mol. The largest absolute Gasteiger partial charge is 0.300 e. The Balaban J connectivity index is 0. The number of unbranched alkanes of at least 4 members (excludes halogenated alkanes) is 3. The number of hydrogen-bond acceptors (Lipinski definition) is 1. The first kappa shape index (κ1) is 13.7. The zero-order chi connectivity index (χ0) is 7.82. The third-order valence-corrected chi connectivity index (χ3v) is 1.70. The highest BCUT2D eigenvalue weighted by Crippen LogP contribution is 2.03. The highest BCUT2D eigenvalue weighted by atomic mass is 79.9. The summed E-state index contributed by atoms with van der Waals surface area (Å²) in [5.74, 6) is 0.413. The molecule has 68 valence electrons. The van der Waals surface area contributed by atoms with Crippen molar-refractivity contribution in [3.8, 4) is 0 Å². The van der Waals surface area contributed by atoms with Crippen molar-refractivity contribution < 1.29 is 4.79 Å². The maximum Gasteiger partial charge on any atom is 0.132 e. The molecular weight excluding hydrogens is 204 g/mol. The normalized spacial score (nSPS) is 8.91. The van der Waals surface area contributed by atoms with Crippen molar-refractivity contribution in [2.45, 2.75) is 52.4 Å². The molecule has 0 aromatic carbocycles. The molecule has 0 aromatic rings. The van der Waals surface area contributed by atoms with Crippen LogP contribution in [-0.2, 0) is 4.79 Å². The lowest BCUT2D eigenvalue weighted by atomic mass is 10.1. The van der Waals surface area contributed by atoms with Gasteiger partial charge in [-0.05, 0) is 6.42 Å². The molecule has 0 aliphatic heterocycles. The zero-order valence-electron chi connectivity index (χ0n) is 7.56. The first-order valence-corrected chi connectivity index (χ1v) is 4.33. The molecular formula is C9H19BrO. The van der Waals surface area contributed by atoms with Crippen LogP contribution in [0.4, 0.5) is 0 Å². The molecule has 0 amide bonds. The molecule has 1 nitrogen and oxygen atoms in total. The van der Waals surface area contributed by atoms with Crippen LogP contribution in [0.3, 0.4) is 0 Å². The Morgan fingerprint density at radius 2 is 1.73 bits per heavy atom. The van der Waals surface area contributed by atoms with Crippen molar-refractivity contribution in [3.63, 3.8) is 0 Å². The zero-order valence-corrected chi connectivity index (χ0v) is 9.27. The second-order valence-electron chi connectivity index (χ2n) is 2.70.